The zero-order chi connectivity index (χ0) is 21.6. The first-order chi connectivity index (χ1) is 14.3. The molecule has 6 N–H and O–H groups in total. The molecule has 2 aromatic carbocycles. The van der Waals surface area contributed by atoms with Gasteiger partial charge in [0.05, 0.1) is 6.61 Å². The number of benzene rings is 2. The van der Waals surface area contributed by atoms with Crippen molar-refractivity contribution in [3.05, 3.63) is 46.6 Å². The van der Waals surface area contributed by atoms with Gasteiger partial charge in [0.25, 0.3) is 0 Å². The van der Waals surface area contributed by atoms with E-state index in [0.717, 1.165) is 12.1 Å². The van der Waals surface area contributed by atoms with E-state index in [1.807, 2.05) is 0 Å². The third kappa shape index (κ3) is 3.31. The van der Waals surface area contributed by atoms with E-state index < -0.39 is 48.1 Å². The molecule has 0 unspecified atom stereocenters. The van der Waals surface area contributed by atoms with Gasteiger partial charge >= 0.3 is 0 Å². The maximum Gasteiger partial charge on any atom is 0.239 e. The Morgan fingerprint density at radius 1 is 0.967 bits per heavy atom. The van der Waals surface area contributed by atoms with Crippen molar-refractivity contribution in [1.29, 1.82) is 0 Å². The average Bonchev–Trinajstić information content (AvgIpc) is 2.97. The van der Waals surface area contributed by atoms with Crippen LogP contribution in [0.3, 0.4) is 0 Å². The number of aromatic hydroxyl groups is 3. The molecule has 1 aromatic heterocycles. The lowest BCUT2D eigenvalue weighted by molar-refractivity contribution is -0.117. The molecule has 158 valence electrons. The van der Waals surface area contributed by atoms with Gasteiger partial charge in [-0.25, -0.2) is 0 Å². The summed E-state index contributed by atoms with van der Waals surface area (Å²) in [4.78, 5) is 13.1. The summed E-state index contributed by atoms with van der Waals surface area (Å²) in [6.45, 7) is -0.588. The quantitative estimate of drug-likeness (QED) is 0.348. The number of phenols is 3. The van der Waals surface area contributed by atoms with Crippen LogP contribution in [-0.4, -0.2) is 61.8 Å². The number of fused-ring (bicyclic) bond motifs is 1. The standard InChI is InChI=1S/C20H18O10/c21-7-13-15(25)17(27)20(29-13)30-19-16(26)14-11(24)5-10(23)6-12(14)28-18(19)8-1-3-9(22)4-2-8/h1-6,13,15,17,20-25,27H,7H2/t13-,15-,17+,20+/m1/s1. The largest absolute Gasteiger partial charge is 0.508 e. The van der Waals surface area contributed by atoms with Gasteiger partial charge in [-0.1, -0.05) is 0 Å². The van der Waals surface area contributed by atoms with Crippen LogP contribution in [-0.2, 0) is 4.74 Å². The Kier molecular flexibility index (Phi) is 5.00. The first-order valence-electron chi connectivity index (χ1n) is 8.91. The fraction of sp³-hybridized carbons (Fsp3) is 0.250. The maximum absolute atomic E-state index is 13.1. The van der Waals surface area contributed by atoms with Crippen LogP contribution in [0.4, 0.5) is 0 Å². The van der Waals surface area contributed by atoms with Gasteiger partial charge < -0.3 is 44.5 Å². The van der Waals surface area contributed by atoms with Crippen molar-refractivity contribution in [1.82, 2.24) is 0 Å². The molecule has 1 saturated heterocycles. The molecule has 0 aliphatic carbocycles. The number of aliphatic hydroxyl groups is 3. The molecule has 0 bridgehead atoms. The Labute approximate surface area is 168 Å². The first kappa shape index (κ1) is 20.0. The first-order valence-corrected chi connectivity index (χ1v) is 8.91. The lowest BCUT2D eigenvalue weighted by Gasteiger charge is -2.18. The molecule has 10 nitrogen and oxygen atoms in total. The van der Waals surface area contributed by atoms with Gasteiger partial charge in [0.1, 0.15) is 46.5 Å². The SMILES string of the molecule is O=c1c(O[C@@H]2O[C@H](CO)[C@@H](O)[C@@H]2O)c(-c2ccc(O)cc2)oc2cc(O)cc(O)c12. The molecule has 0 saturated carbocycles. The minimum absolute atomic E-state index is 0.0388. The summed E-state index contributed by atoms with van der Waals surface area (Å²) >= 11 is 0. The second kappa shape index (κ2) is 7.50. The molecule has 4 rings (SSSR count). The molecule has 0 amide bonds. The van der Waals surface area contributed by atoms with Crippen LogP contribution in [0.25, 0.3) is 22.3 Å². The van der Waals surface area contributed by atoms with Crippen molar-refractivity contribution >= 4 is 11.0 Å². The van der Waals surface area contributed by atoms with Gasteiger partial charge in [0, 0.05) is 17.7 Å². The van der Waals surface area contributed by atoms with Crippen LogP contribution >= 0.6 is 0 Å². The highest BCUT2D eigenvalue weighted by Crippen LogP contribution is 2.37. The summed E-state index contributed by atoms with van der Waals surface area (Å²) in [7, 11) is 0. The van der Waals surface area contributed by atoms with Crippen molar-refractivity contribution in [2.75, 3.05) is 6.61 Å². The number of aliphatic hydroxyl groups excluding tert-OH is 3. The molecule has 0 radical (unpaired) electrons. The van der Waals surface area contributed by atoms with Crippen molar-refractivity contribution in [3.63, 3.8) is 0 Å². The number of hydrogen-bond donors (Lipinski definition) is 6. The van der Waals surface area contributed by atoms with E-state index >= 15 is 0 Å². The summed E-state index contributed by atoms with van der Waals surface area (Å²) in [5, 5.41) is 58.4. The summed E-state index contributed by atoms with van der Waals surface area (Å²) in [6.07, 6.45) is -5.65. The van der Waals surface area contributed by atoms with E-state index in [4.69, 9.17) is 13.9 Å². The van der Waals surface area contributed by atoms with Crippen LogP contribution < -0.4 is 10.2 Å². The smallest absolute Gasteiger partial charge is 0.239 e. The molecular weight excluding hydrogens is 400 g/mol. The normalized spacial score (nSPS) is 23.7. The monoisotopic (exact) mass is 418 g/mol. The zero-order valence-corrected chi connectivity index (χ0v) is 15.3. The van der Waals surface area contributed by atoms with Crippen LogP contribution in [0, 0.1) is 0 Å². The topological polar surface area (TPSA) is 170 Å². The summed E-state index contributed by atoms with van der Waals surface area (Å²) in [5.41, 5.74) is -0.653. The molecule has 2 heterocycles. The lowest BCUT2D eigenvalue weighted by atomic mass is 10.1. The Balaban J connectivity index is 1.90. The van der Waals surface area contributed by atoms with E-state index in [-0.39, 0.29) is 28.2 Å². The number of hydrogen-bond acceptors (Lipinski definition) is 10. The van der Waals surface area contributed by atoms with E-state index in [0.29, 0.717) is 5.56 Å². The highest BCUT2D eigenvalue weighted by atomic mass is 16.7. The Bertz CT molecular complexity index is 1140. The van der Waals surface area contributed by atoms with Crippen LogP contribution in [0.15, 0.2) is 45.6 Å². The predicted octanol–water partition coefficient (Wildman–Crippen LogP) is 0.395. The van der Waals surface area contributed by atoms with Gasteiger partial charge in [0.2, 0.25) is 17.5 Å². The lowest BCUT2D eigenvalue weighted by Crippen LogP contribution is -2.36. The predicted molar refractivity (Wildman–Crippen MR) is 101 cm³/mol. The van der Waals surface area contributed by atoms with E-state index in [2.05, 4.69) is 0 Å². The van der Waals surface area contributed by atoms with E-state index in [1.54, 1.807) is 0 Å². The fourth-order valence-electron chi connectivity index (χ4n) is 3.26. The van der Waals surface area contributed by atoms with Crippen molar-refractivity contribution < 1.29 is 44.5 Å². The van der Waals surface area contributed by atoms with Gasteiger partial charge in [-0.15, -0.1) is 0 Å². The molecule has 1 fully saturated rings. The number of rotatable bonds is 4. The summed E-state index contributed by atoms with van der Waals surface area (Å²) in [5.74, 6) is -1.50. The number of ether oxygens (including phenoxy) is 2. The van der Waals surface area contributed by atoms with Gasteiger partial charge in [0.15, 0.2) is 5.76 Å². The Morgan fingerprint density at radius 2 is 1.67 bits per heavy atom. The van der Waals surface area contributed by atoms with Crippen LogP contribution in [0.5, 0.6) is 23.0 Å². The molecule has 30 heavy (non-hydrogen) atoms. The summed E-state index contributed by atoms with van der Waals surface area (Å²) < 4.78 is 16.5. The summed E-state index contributed by atoms with van der Waals surface area (Å²) in [6, 6.07) is 7.65. The Morgan fingerprint density at radius 3 is 2.30 bits per heavy atom. The molecule has 3 aromatic rings. The van der Waals surface area contributed by atoms with Gasteiger partial charge in [-0.3, -0.25) is 4.79 Å². The van der Waals surface area contributed by atoms with Crippen LogP contribution in [0.1, 0.15) is 0 Å². The Hall–Kier alpha value is -3.31. The number of phenolic OH excluding ortho intramolecular Hbond substituents is 3. The highest BCUT2D eigenvalue weighted by molar-refractivity contribution is 5.88. The van der Waals surface area contributed by atoms with Gasteiger partial charge in [-0.2, -0.15) is 0 Å². The van der Waals surface area contributed by atoms with Gasteiger partial charge in [-0.05, 0) is 24.3 Å². The maximum atomic E-state index is 13.1. The molecule has 0 spiro atoms. The third-order valence-electron chi connectivity index (χ3n) is 4.78. The van der Waals surface area contributed by atoms with Crippen molar-refractivity contribution in [2.45, 2.75) is 24.6 Å². The van der Waals surface area contributed by atoms with Crippen molar-refractivity contribution in [2.24, 2.45) is 0 Å². The average molecular weight is 418 g/mol. The molecule has 1 aliphatic heterocycles. The molecule has 10 heteroatoms. The van der Waals surface area contributed by atoms with E-state index in [1.165, 1.54) is 24.3 Å². The molecule has 4 atom stereocenters. The van der Waals surface area contributed by atoms with Crippen LogP contribution in [0.2, 0.25) is 0 Å². The third-order valence-corrected chi connectivity index (χ3v) is 4.78. The minimum atomic E-state index is -1.57. The minimum Gasteiger partial charge on any atom is -0.508 e. The molecular formula is C20H18O10. The van der Waals surface area contributed by atoms with E-state index in [9.17, 15) is 35.4 Å². The zero-order valence-electron chi connectivity index (χ0n) is 15.3. The van der Waals surface area contributed by atoms with Crippen molar-refractivity contribution in [3.8, 4) is 34.3 Å². The highest BCUT2D eigenvalue weighted by Gasteiger charge is 2.44. The molecule has 1 aliphatic rings. The second-order valence-electron chi connectivity index (χ2n) is 6.80. The fourth-order valence-corrected chi connectivity index (χ4v) is 3.26. The second-order valence-corrected chi connectivity index (χ2v) is 6.80.